The lowest BCUT2D eigenvalue weighted by atomic mass is 9.76. The Hall–Kier alpha value is -2.63. The van der Waals surface area contributed by atoms with E-state index in [1.54, 1.807) is 0 Å². The third-order valence-corrected chi connectivity index (χ3v) is 8.87. The quantitative estimate of drug-likeness (QED) is 0.556. The molecular weight excluding hydrogens is 495 g/mol. The number of carbonyl (C=O) groups excluding carboxylic acids is 1. The van der Waals surface area contributed by atoms with Crippen LogP contribution in [0.3, 0.4) is 0 Å². The minimum atomic E-state index is -4.11. The van der Waals surface area contributed by atoms with Gasteiger partial charge in [0.05, 0.1) is 11.5 Å². The molecule has 2 aromatic carbocycles. The molecule has 196 valence electrons. The summed E-state index contributed by atoms with van der Waals surface area (Å²) in [4.78, 5) is 16.7. The molecule has 2 saturated heterocycles. The molecule has 2 heterocycles. The van der Waals surface area contributed by atoms with Crippen molar-refractivity contribution < 1.29 is 31.1 Å². The van der Waals surface area contributed by atoms with E-state index in [0.717, 1.165) is 25.2 Å². The average molecular weight is 526 g/mol. The van der Waals surface area contributed by atoms with E-state index in [-0.39, 0.29) is 32.0 Å². The second kappa shape index (κ2) is 10.8. The second-order valence-corrected chi connectivity index (χ2v) is 11.6. The SMILES string of the molecule is CN1CCN(C(=O)CC2(COc3ccc(F)cc3)CCN(S(=O)(=O)c3cc(F)cc(F)c3)CC2)CC1. The molecule has 2 fully saturated rings. The summed E-state index contributed by atoms with van der Waals surface area (Å²) in [7, 11) is -2.11. The van der Waals surface area contributed by atoms with Gasteiger partial charge in [0.15, 0.2) is 0 Å². The third kappa shape index (κ3) is 6.19. The highest BCUT2D eigenvalue weighted by Crippen LogP contribution is 2.38. The largest absolute Gasteiger partial charge is 0.493 e. The van der Waals surface area contributed by atoms with Gasteiger partial charge in [-0.3, -0.25) is 4.79 Å². The normalized spacial score (nSPS) is 19.3. The van der Waals surface area contributed by atoms with Crippen molar-refractivity contribution in [1.29, 1.82) is 0 Å². The Bertz CT molecular complexity index is 1160. The van der Waals surface area contributed by atoms with Crippen molar-refractivity contribution in [2.24, 2.45) is 5.41 Å². The van der Waals surface area contributed by atoms with E-state index in [1.165, 1.54) is 28.6 Å². The van der Waals surface area contributed by atoms with Crippen LogP contribution in [-0.4, -0.2) is 81.4 Å². The lowest BCUT2D eigenvalue weighted by Crippen LogP contribution is -2.51. The van der Waals surface area contributed by atoms with Crippen LogP contribution in [0, 0.1) is 22.9 Å². The molecule has 0 bridgehead atoms. The predicted octanol–water partition coefficient (Wildman–Crippen LogP) is 3.12. The molecule has 36 heavy (non-hydrogen) atoms. The van der Waals surface area contributed by atoms with E-state index in [2.05, 4.69) is 4.90 Å². The molecule has 1 amide bonds. The van der Waals surface area contributed by atoms with Gasteiger partial charge in [0.25, 0.3) is 0 Å². The highest BCUT2D eigenvalue weighted by atomic mass is 32.2. The topological polar surface area (TPSA) is 70.2 Å². The van der Waals surface area contributed by atoms with Crippen molar-refractivity contribution in [3.8, 4) is 5.75 Å². The number of piperidine rings is 1. The summed E-state index contributed by atoms with van der Waals surface area (Å²) in [5.41, 5.74) is -0.645. The van der Waals surface area contributed by atoms with Crippen molar-refractivity contribution in [1.82, 2.24) is 14.1 Å². The Morgan fingerprint density at radius 2 is 1.47 bits per heavy atom. The van der Waals surface area contributed by atoms with Crippen LogP contribution in [-0.2, 0) is 14.8 Å². The van der Waals surface area contributed by atoms with E-state index < -0.39 is 37.8 Å². The molecule has 0 aliphatic carbocycles. The second-order valence-electron chi connectivity index (χ2n) is 9.61. The monoisotopic (exact) mass is 525 g/mol. The summed E-state index contributed by atoms with van der Waals surface area (Å²) < 4.78 is 73.9. The van der Waals surface area contributed by atoms with Crippen LogP contribution in [0.2, 0.25) is 0 Å². The number of hydrogen-bond acceptors (Lipinski definition) is 5. The Kier molecular flexibility index (Phi) is 7.91. The zero-order valence-electron chi connectivity index (χ0n) is 20.1. The predicted molar refractivity (Wildman–Crippen MR) is 127 cm³/mol. The number of carbonyl (C=O) groups is 1. The molecule has 0 N–H and O–H groups in total. The van der Waals surface area contributed by atoms with Gasteiger partial charge in [-0.2, -0.15) is 4.31 Å². The molecule has 0 unspecified atom stereocenters. The molecule has 0 spiro atoms. The van der Waals surface area contributed by atoms with Gasteiger partial charge >= 0.3 is 0 Å². The minimum absolute atomic E-state index is 0.0192. The molecule has 2 aliphatic rings. The first-order chi connectivity index (χ1) is 17.1. The molecule has 7 nitrogen and oxygen atoms in total. The van der Waals surface area contributed by atoms with Crippen molar-refractivity contribution in [3.05, 3.63) is 59.9 Å². The zero-order chi connectivity index (χ0) is 25.9. The fourth-order valence-electron chi connectivity index (χ4n) is 4.66. The van der Waals surface area contributed by atoms with Crippen LogP contribution >= 0.6 is 0 Å². The molecular formula is C25H30F3N3O4S. The zero-order valence-corrected chi connectivity index (χ0v) is 20.9. The molecule has 4 rings (SSSR count). The number of sulfonamides is 1. The van der Waals surface area contributed by atoms with Crippen molar-refractivity contribution in [2.45, 2.75) is 24.2 Å². The Labute approximate surface area is 209 Å². The maximum absolute atomic E-state index is 13.7. The fraction of sp³-hybridized carbons (Fsp3) is 0.480. The number of amides is 1. The number of hydrogen-bond donors (Lipinski definition) is 0. The van der Waals surface area contributed by atoms with Crippen LogP contribution in [0.1, 0.15) is 19.3 Å². The third-order valence-electron chi connectivity index (χ3n) is 7.00. The molecule has 11 heteroatoms. The molecule has 0 saturated carbocycles. The van der Waals surface area contributed by atoms with Crippen LogP contribution < -0.4 is 4.74 Å². The Morgan fingerprint density at radius 1 is 0.889 bits per heavy atom. The molecule has 0 radical (unpaired) electrons. The van der Waals surface area contributed by atoms with E-state index in [9.17, 15) is 26.4 Å². The first-order valence-corrected chi connectivity index (χ1v) is 13.3. The Balaban J connectivity index is 1.50. The number of nitrogens with zero attached hydrogens (tertiary/aromatic N) is 3. The highest BCUT2D eigenvalue weighted by Gasteiger charge is 2.42. The summed E-state index contributed by atoms with van der Waals surface area (Å²) in [5.74, 6) is -1.90. The van der Waals surface area contributed by atoms with Crippen LogP contribution in [0.4, 0.5) is 13.2 Å². The molecule has 0 atom stereocenters. The summed E-state index contributed by atoms with van der Waals surface area (Å²) in [6.45, 7) is 3.10. The Morgan fingerprint density at radius 3 is 2.06 bits per heavy atom. The van der Waals surface area contributed by atoms with Crippen molar-refractivity contribution in [2.75, 3.05) is 52.9 Å². The van der Waals surface area contributed by atoms with E-state index in [0.29, 0.717) is 37.7 Å². The van der Waals surface area contributed by atoms with Gasteiger partial charge in [0.2, 0.25) is 15.9 Å². The molecule has 2 aromatic rings. The van der Waals surface area contributed by atoms with Gasteiger partial charge in [-0.1, -0.05) is 0 Å². The van der Waals surface area contributed by atoms with Gasteiger partial charge in [-0.25, -0.2) is 21.6 Å². The number of likely N-dealkylation sites (N-methyl/N-ethyl adjacent to an activating group) is 1. The molecule has 0 aromatic heterocycles. The van der Waals surface area contributed by atoms with Gasteiger partial charge in [-0.05, 0) is 56.3 Å². The highest BCUT2D eigenvalue weighted by molar-refractivity contribution is 7.89. The average Bonchev–Trinajstić information content (AvgIpc) is 2.84. The number of piperazine rings is 1. The van der Waals surface area contributed by atoms with Gasteiger partial charge < -0.3 is 14.5 Å². The maximum atomic E-state index is 13.7. The summed E-state index contributed by atoms with van der Waals surface area (Å²) in [5, 5.41) is 0. The first-order valence-electron chi connectivity index (χ1n) is 11.9. The summed E-state index contributed by atoms with van der Waals surface area (Å²) >= 11 is 0. The van der Waals surface area contributed by atoms with Crippen LogP contribution in [0.5, 0.6) is 5.75 Å². The fourth-order valence-corrected chi connectivity index (χ4v) is 6.14. The van der Waals surface area contributed by atoms with Crippen molar-refractivity contribution in [3.63, 3.8) is 0 Å². The summed E-state index contributed by atoms with van der Waals surface area (Å²) in [6.07, 6.45) is 0.829. The van der Waals surface area contributed by atoms with Gasteiger partial charge in [0.1, 0.15) is 23.2 Å². The number of rotatable bonds is 7. The van der Waals surface area contributed by atoms with Crippen LogP contribution in [0.15, 0.2) is 47.4 Å². The first kappa shape index (κ1) is 26.4. The minimum Gasteiger partial charge on any atom is -0.493 e. The van der Waals surface area contributed by atoms with Gasteiger partial charge in [-0.15, -0.1) is 0 Å². The standard InChI is InChI=1S/C25H30F3N3O4S/c1-29-10-12-30(13-11-29)24(32)17-25(18-35-22-4-2-19(26)3-5-22)6-8-31(9-7-25)36(33,34)23-15-20(27)14-21(28)16-23/h2-5,14-16H,6-13,17-18H2,1H3. The van der Waals surface area contributed by atoms with Crippen molar-refractivity contribution >= 4 is 15.9 Å². The number of benzene rings is 2. The number of ether oxygens (including phenoxy) is 1. The lowest BCUT2D eigenvalue weighted by Gasteiger charge is -2.42. The lowest BCUT2D eigenvalue weighted by molar-refractivity contribution is -0.136. The molecule has 2 aliphatic heterocycles. The van der Waals surface area contributed by atoms with Crippen LogP contribution in [0.25, 0.3) is 0 Å². The van der Waals surface area contributed by atoms with E-state index >= 15 is 0 Å². The smallest absolute Gasteiger partial charge is 0.243 e. The summed E-state index contributed by atoms with van der Waals surface area (Å²) in [6, 6.07) is 7.79. The number of halogens is 3. The maximum Gasteiger partial charge on any atom is 0.243 e. The van der Waals surface area contributed by atoms with E-state index in [4.69, 9.17) is 4.74 Å². The van der Waals surface area contributed by atoms with Gasteiger partial charge in [0, 0.05) is 57.2 Å². The van der Waals surface area contributed by atoms with E-state index in [1.807, 2.05) is 11.9 Å².